The molecule has 2 aliphatic carbocycles. The molecule has 1 N–H and O–H groups in total. The first-order valence-electron chi connectivity index (χ1n) is 8.52. The van der Waals surface area contributed by atoms with Gasteiger partial charge in [-0.3, -0.25) is 4.98 Å². The Labute approximate surface area is 124 Å². The van der Waals surface area contributed by atoms with Gasteiger partial charge in [-0.25, -0.2) is 0 Å². The third-order valence-electron chi connectivity index (χ3n) is 4.47. The Balaban J connectivity index is 0.000000704. The minimum absolute atomic E-state index is 0.684. The predicted octanol–water partition coefficient (Wildman–Crippen LogP) is 4.20. The van der Waals surface area contributed by atoms with Crippen molar-refractivity contribution in [2.45, 2.75) is 84.2 Å². The Hall–Kier alpha value is -0.890. The van der Waals surface area contributed by atoms with Crippen LogP contribution in [-0.4, -0.2) is 17.1 Å². The standard InChI is InChI=1S/C16H24N2.C2H6/c1-12-9-13-10-15(7-8-16(13)17-11-12)18-14-5-3-2-4-6-14;1-2/h9,11,14-15,18H,2-8,10H2,1H3;1-2H3. The van der Waals surface area contributed by atoms with Crippen LogP contribution in [0.25, 0.3) is 0 Å². The van der Waals surface area contributed by atoms with Crippen LogP contribution in [0.2, 0.25) is 0 Å². The van der Waals surface area contributed by atoms with Crippen molar-refractivity contribution in [3.05, 3.63) is 29.1 Å². The predicted molar refractivity (Wildman–Crippen MR) is 86.1 cm³/mol. The van der Waals surface area contributed by atoms with E-state index in [4.69, 9.17) is 0 Å². The molecule has 0 spiro atoms. The minimum Gasteiger partial charge on any atom is -0.311 e. The molecule has 0 amide bonds. The molecule has 1 atom stereocenters. The molecule has 1 heterocycles. The number of pyridine rings is 1. The summed E-state index contributed by atoms with van der Waals surface area (Å²) in [6.45, 7) is 6.14. The summed E-state index contributed by atoms with van der Waals surface area (Å²) in [5.74, 6) is 0. The van der Waals surface area contributed by atoms with Gasteiger partial charge in [0.1, 0.15) is 0 Å². The molecule has 0 bridgehead atoms. The van der Waals surface area contributed by atoms with Crippen molar-refractivity contribution >= 4 is 0 Å². The molecule has 2 heteroatoms. The summed E-state index contributed by atoms with van der Waals surface area (Å²) in [4.78, 5) is 4.57. The maximum Gasteiger partial charge on any atom is 0.0436 e. The summed E-state index contributed by atoms with van der Waals surface area (Å²) >= 11 is 0. The van der Waals surface area contributed by atoms with Crippen LogP contribution in [0.5, 0.6) is 0 Å². The molecule has 0 radical (unpaired) electrons. The van der Waals surface area contributed by atoms with Crippen LogP contribution in [0.3, 0.4) is 0 Å². The van der Waals surface area contributed by atoms with Crippen molar-refractivity contribution < 1.29 is 0 Å². The van der Waals surface area contributed by atoms with E-state index in [1.165, 1.54) is 61.8 Å². The first-order chi connectivity index (χ1) is 9.81. The topological polar surface area (TPSA) is 24.9 Å². The molecule has 1 fully saturated rings. The maximum atomic E-state index is 4.57. The van der Waals surface area contributed by atoms with Gasteiger partial charge in [-0.05, 0) is 50.2 Å². The number of nitrogens with zero attached hydrogens (tertiary/aromatic N) is 1. The molecule has 2 aliphatic rings. The second-order valence-corrected chi connectivity index (χ2v) is 6.06. The fourth-order valence-electron chi connectivity index (χ4n) is 3.48. The van der Waals surface area contributed by atoms with E-state index in [9.17, 15) is 0 Å². The molecular formula is C18H30N2. The van der Waals surface area contributed by atoms with Crippen molar-refractivity contribution in [1.82, 2.24) is 10.3 Å². The number of rotatable bonds is 2. The Morgan fingerprint density at radius 2 is 1.80 bits per heavy atom. The molecule has 0 aliphatic heterocycles. The highest BCUT2D eigenvalue weighted by molar-refractivity contribution is 5.28. The molecule has 0 aromatic carbocycles. The second kappa shape index (κ2) is 7.78. The number of hydrogen-bond donors (Lipinski definition) is 1. The quantitative estimate of drug-likeness (QED) is 0.874. The van der Waals surface area contributed by atoms with Crippen molar-refractivity contribution in [1.29, 1.82) is 0 Å². The number of nitrogens with one attached hydrogen (secondary N) is 1. The molecule has 1 saturated carbocycles. The van der Waals surface area contributed by atoms with Crippen LogP contribution in [0.4, 0.5) is 0 Å². The summed E-state index contributed by atoms with van der Waals surface area (Å²) < 4.78 is 0. The van der Waals surface area contributed by atoms with E-state index in [2.05, 4.69) is 23.3 Å². The summed E-state index contributed by atoms with van der Waals surface area (Å²) in [7, 11) is 0. The normalized spacial score (nSPS) is 22.6. The third kappa shape index (κ3) is 4.05. The highest BCUT2D eigenvalue weighted by Gasteiger charge is 2.22. The average Bonchev–Trinajstić information content (AvgIpc) is 2.50. The fourth-order valence-corrected chi connectivity index (χ4v) is 3.48. The van der Waals surface area contributed by atoms with Gasteiger partial charge >= 0.3 is 0 Å². The van der Waals surface area contributed by atoms with Gasteiger partial charge in [0.05, 0.1) is 0 Å². The minimum atomic E-state index is 0.684. The Kier molecular flexibility index (Phi) is 6.03. The molecule has 2 nitrogen and oxygen atoms in total. The number of aryl methyl sites for hydroxylation is 2. The lowest BCUT2D eigenvalue weighted by molar-refractivity contribution is 0.319. The highest BCUT2D eigenvalue weighted by atomic mass is 15.0. The van der Waals surface area contributed by atoms with Crippen molar-refractivity contribution in [2.24, 2.45) is 0 Å². The van der Waals surface area contributed by atoms with Crippen LogP contribution in [-0.2, 0) is 12.8 Å². The zero-order valence-corrected chi connectivity index (χ0v) is 13.4. The lowest BCUT2D eigenvalue weighted by atomic mass is 9.88. The smallest absolute Gasteiger partial charge is 0.0436 e. The molecule has 1 unspecified atom stereocenters. The van der Waals surface area contributed by atoms with Gasteiger partial charge in [0.2, 0.25) is 0 Å². The molecule has 20 heavy (non-hydrogen) atoms. The Morgan fingerprint density at radius 3 is 2.55 bits per heavy atom. The van der Waals surface area contributed by atoms with Gasteiger partial charge in [0, 0.05) is 24.0 Å². The Morgan fingerprint density at radius 1 is 1.05 bits per heavy atom. The SMILES string of the molecule is CC.Cc1cnc2c(c1)CC(NC1CCCCC1)CC2. The van der Waals surface area contributed by atoms with Crippen molar-refractivity contribution in [3.8, 4) is 0 Å². The molecule has 3 rings (SSSR count). The lowest BCUT2D eigenvalue weighted by Crippen LogP contribution is -2.42. The summed E-state index contributed by atoms with van der Waals surface area (Å²) in [5.41, 5.74) is 4.11. The number of aromatic nitrogens is 1. The first kappa shape index (κ1) is 15.5. The van der Waals surface area contributed by atoms with Crippen molar-refractivity contribution in [3.63, 3.8) is 0 Å². The average molecular weight is 274 g/mol. The van der Waals surface area contributed by atoms with E-state index in [1.54, 1.807) is 0 Å². The third-order valence-corrected chi connectivity index (χ3v) is 4.47. The van der Waals surface area contributed by atoms with E-state index in [-0.39, 0.29) is 0 Å². The van der Waals surface area contributed by atoms with E-state index in [0.717, 1.165) is 12.5 Å². The van der Waals surface area contributed by atoms with Crippen LogP contribution >= 0.6 is 0 Å². The van der Waals surface area contributed by atoms with Gasteiger partial charge in [0.25, 0.3) is 0 Å². The molecule has 0 saturated heterocycles. The fraction of sp³-hybridized carbons (Fsp3) is 0.722. The van der Waals surface area contributed by atoms with Crippen LogP contribution in [0.1, 0.15) is 69.2 Å². The zero-order valence-electron chi connectivity index (χ0n) is 13.4. The van der Waals surface area contributed by atoms with Gasteiger partial charge in [-0.1, -0.05) is 39.2 Å². The largest absolute Gasteiger partial charge is 0.311 e. The summed E-state index contributed by atoms with van der Waals surface area (Å²) in [6.07, 6.45) is 12.6. The van der Waals surface area contributed by atoms with Gasteiger partial charge < -0.3 is 5.32 Å². The maximum absolute atomic E-state index is 4.57. The first-order valence-corrected chi connectivity index (χ1v) is 8.52. The van der Waals surface area contributed by atoms with Gasteiger partial charge in [0.15, 0.2) is 0 Å². The zero-order chi connectivity index (χ0) is 14.4. The molecule has 1 aromatic heterocycles. The van der Waals surface area contributed by atoms with Crippen LogP contribution in [0, 0.1) is 6.92 Å². The van der Waals surface area contributed by atoms with Crippen LogP contribution in [0.15, 0.2) is 12.3 Å². The van der Waals surface area contributed by atoms with Gasteiger partial charge in [-0.2, -0.15) is 0 Å². The highest BCUT2D eigenvalue weighted by Crippen LogP contribution is 2.23. The Bertz CT molecular complexity index is 408. The molecular weight excluding hydrogens is 244 g/mol. The number of fused-ring (bicyclic) bond motifs is 1. The van der Waals surface area contributed by atoms with Gasteiger partial charge in [-0.15, -0.1) is 0 Å². The van der Waals surface area contributed by atoms with E-state index in [0.29, 0.717) is 6.04 Å². The molecule has 112 valence electrons. The summed E-state index contributed by atoms with van der Waals surface area (Å²) in [6, 6.07) is 3.80. The lowest BCUT2D eigenvalue weighted by Gasteiger charge is -2.31. The monoisotopic (exact) mass is 274 g/mol. The van der Waals surface area contributed by atoms with E-state index < -0.39 is 0 Å². The van der Waals surface area contributed by atoms with Crippen LogP contribution < -0.4 is 5.32 Å². The van der Waals surface area contributed by atoms with E-state index >= 15 is 0 Å². The second-order valence-electron chi connectivity index (χ2n) is 6.06. The number of hydrogen-bond acceptors (Lipinski definition) is 2. The molecule has 1 aromatic rings. The van der Waals surface area contributed by atoms with E-state index in [1.807, 2.05) is 20.0 Å². The van der Waals surface area contributed by atoms with Crippen molar-refractivity contribution in [2.75, 3.05) is 0 Å². The summed E-state index contributed by atoms with van der Waals surface area (Å²) in [5, 5.41) is 3.89.